The topological polar surface area (TPSA) is 122 Å². The van der Waals surface area contributed by atoms with E-state index in [2.05, 4.69) is 53.8 Å². The molecule has 0 radical (unpaired) electrons. The van der Waals surface area contributed by atoms with Gasteiger partial charge in [0.05, 0.1) is 30.6 Å². The van der Waals surface area contributed by atoms with Gasteiger partial charge in [0.15, 0.2) is 0 Å². The number of urea groups is 1. The van der Waals surface area contributed by atoms with Crippen molar-refractivity contribution in [3.05, 3.63) is 0 Å². The molecule has 0 aromatic carbocycles. The number of Topliss-reactive ketones (excluding diaryl/α,β-unsaturated/α-hetero) is 1. The van der Waals surface area contributed by atoms with Crippen molar-refractivity contribution >= 4 is 23.8 Å². The Hall–Kier alpha value is -2.16. The second kappa shape index (κ2) is 12.2. The number of carboxylic acid groups (broad SMARTS) is 1. The number of hydrogen-bond donors (Lipinski definition) is 2. The summed E-state index contributed by atoms with van der Waals surface area (Å²) in [5.41, 5.74) is -1.69. The number of aliphatic carboxylic acids is 1. The van der Waals surface area contributed by atoms with Crippen LogP contribution in [0.2, 0.25) is 0 Å². The molecule has 6 rings (SSSR count). The number of carbonyl (C=O) groups excluding carboxylic acids is 3. The molecule has 2 amide bonds. The maximum Gasteiger partial charge on any atom is 0.318 e. The highest BCUT2D eigenvalue weighted by atomic mass is 16.5. The number of ketones is 1. The largest absolute Gasteiger partial charge is 0.481 e. The van der Waals surface area contributed by atoms with E-state index in [0.29, 0.717) is 56.3 Å². The summed E-state index contributed by atoms with van der Waals surface area (Å²) in [6.07, 6.45) is 8.03. The van der Waals surface area contributed by atoms with E-state index in [4.69, 9.17) is 9.47 Å². The molecule has 9 unspecified atom stereocenters. The quantitative estimate of drug-likeness (QED) is 0.286. The van der Waals surface area contributed by atoms with Gasteiger partial charge in [-0.2, -0.15) is 0 Å². The summed E-state index contributed by atoms with van der Waals surface area (Å²) in [5.74, 6) is 0.476. The lowest BCUT2D eigenvalue weighted by molar-refractivity contribution is -0.247. The SMILES string of the molecule is CC(C)C1C(=O)CC2(NC(=O)N3CCOCC3)CC[C@]3(C)C(CCC4C5(C)CCC(OC(=O)CC(C)(C)C(=O)O)C(C)(C)C5CCC43C)C12. The van der Waals surface area contributed by atoms with Crippen LogP contribution in [0.1, 0.15) is 127 Å². The summed E-state index contributed by atoms with van der Waals surface area (Å²) in [5, 5.41) is 13.1. The Morgan fingerprint density at radius 1 is 0.939 bits per heavy atom. The van der Waals surface area contributed by atoms with Gasteiger partial charge in [-0.25, -0.2) is 4.79 Å². The van der Waals surface area contributed by atoms with Gasteiger partial charge in [-0.1, -0.05) is 48.5 Å². The number of carbonyl (C=O) groups is 4. The number of rotatable bonds is 6. The van der Waals surface area contributed by atoms with Crippen molar-refractivity contribution in [2.45, 2.75) is 138 Å². The first-order valence-electron chi connectivity index (χ1n) is 19.3. The lowest BCUT2D eigenvalue weighted by Gasteiger charge is -2.73. The van der Waals surface area contributed by atoms with Crippen molar-refractivity contribution in [1.82, 2.24) is 10.2 Å². The number of nitrogens with one attached hydrogen (secondary N) is 1. The Balaban J connectivity index is 1.27. The minimum absolute atomic E-state index is 0.0340. The fourth-order valence-electron chi connectivity index (χ4n) is 13.3. The Morgan fingerprint density at radius 2 is 1.61 bits per heavy atom. The third kappa shape index (κ3) is 5.56. The van der Waals surface area contributed by atoms with Gasteiger partial charge in [-0.05, 0) is 111 Å². The minimum Gasteiger partial charge on any atom is -0.481 e. The molecular weight excluding hydrogens is 620 g/mol. The molecule has 6 fully saturated rings. The van der Waals surface area contributed by atoms with Gasteiger partial charge in [0.1, 0.15) is 11.9 Å². The molecule has 1 heterocycles. The van der Waals surface area contributed by atoms with Crippen molar-refractivity contribution in [3.63, 3.8) is 0 Å². The number of fused-ring (bicyclic) bond motifs is 7. The summed E-state index contributed by atoms with van der Waals surface area (Å²) >= 11 is 0. The Labute approximate surface area is 294 Å². The molecule has 0 aromatic heterocycles. The number of esters is 1. The highest BCUT2D eigenvalue weighted by molar-refractivity contribution is 5.88. The van der Waals surface area contributed by atoms with Crippen LogP contribution in [-0.4, -0.2) is 71.7 Å². The van der Waals surface area contributed by atoms with Crippen LogP contribution in [0.25, 0.3) is 0 Å². The van der Waals surface area contributed by atoms with E-state index in [1.54, 1.807) is 13.8 Å². The van der Waals surface area contributed by atoms with Crippen LogP contribution >= 0.6 is 0 Å². The highest BCUT2D eigenvalue weighted by Gasteiger charge is 2.72. The third-order valence-electron chi connectivity index (χ3n) is 16.1. The van der Waals surface area contributed by atoms with E-state index in [1.807, 2.05) is 4.90 Å². The van der Waals surface area contributed by atoms with Crippen LogP contribution in [0.15, 0.2) is 0 Å². The fraction of sp³-hybridized carbons (Fsp3) is 0.900. The Morgan fingerprint density at radius 3 is 2.24 bits per heavy atom. The summed E-state index contributed by atoms with van der Waals surface area (Å²) < 4.78 is 11.7. The Bertz CT molecular complexity index is 1350. The van der Waals surface area contributed by atoms with Crippen molar-refractivity contribution in [2.24, 2.45) is 62.6 Å². The zero-order chi connectivity index (χ0) is 35.9. The highest BCUT2D eigenvalue weighted by Crippen LogP contribution is 2.76. The smallest absolute Gasteiger partial charge is 0.318 e. The molecule has 6 aliphatic rings. The molecule has 0 spiro atoms. The fourth-order valence-corrected chi connectivity index (χ4v) is 13.3. The van der Waals surface area contributed by atoms with E-state index in [9.17, 15) is 24.3 Å². The number of carboxylic acids is 1. The zero-order valence-corrected chi connectivity index (χ0v) is 31.8. The molecule has 9 nitrogen and oxygen atoms in total. The van der Waals surface area contributed by atoms with Gasteiger partial charge in [-0.3, -0.25) is 14.4 Å². The van der Waals surface area contributed by atoms with Gasteiger partial charge < -0.3 is 24.8 Å². The standard InChI is InChI=1S/C40H64N2O7/c1-24(2)31-26(43)22-40(41-34(47)42-18-20-48-21-19-42)17-16-38(8)25(32(31)40)10-11-28-37(7)14-13-29(49-30(44)23-35(3,4)33(45)46)36(5,6)27(37)12-15-39(28,38)9/h24-25,27-29,31-32H,10-23H2,1-9H3,(H,41,47)(H,45,46)/t25?,27?,28?,29?,31?,32?,37?,38-,39?,40?/m1/s1. The lowest BCUT2D eigenvalue weighted by atomic mass is 9.32. The molecule has 2 N–H and O–H groups in total. The first-order chi connectivity index (χ1) is 22.7. The summed E-state index contributed by atoms with van der Waals surface area (Å²) in [7, 11) is 0. The van der Waals surface area contributed by atoms with Gasteiger partial charge >= 0.3 is 18.0 Å². The van der Waals surface area contributed by atoms with E-state index in [1.165, 1.54) is 0 Å². The molecule has 5 saturated carbocycles. The molecule has 1 saturated heterocycles. The molecule has 276 valence electrons. The molecule has 5 aliphatic carbocycles. The number of amides is 2. The second-order valence-corrected chi connectivity index (χ2v) is 19.5. The van der Waals surface area contributed by atoms with E-state index in [0.717, 1.165) is 51.4 Å². The average molecular weight is 685 g/mol. The van der Waals surface area contributed by atoms with E-state index < -0.39 is 22.9 Å². The van der Waals surface area contributed by atoms with Crippen LogP contribution in [0, 0.1) is 62.6 Å². The number of ether oxygens (including phenoxy) is 2. The molecule has 0 bridgehead atoms. The number of hydrogen-bond acceptors (Lipinski definition) is 6. The van der Waals surface area contributed by atoms with Crippen LogP contribution < -0.4 is 5.32 Å². The summed E-state index contributed by atoms with van der Waals surface area (Å²) in [4.78, 5) is 54.4. The van der Waals surface area contributed by atoms with Crippen LogP contribution in [0.3, 0.4) is 0 Å². The van der Waals surface area contributed by atoms with Crippen molar-refractivity contribution in [3.8, 4) is 0 Å². The second-order valence-electron chi connectivity index (χ2n) is 19.5. The molecule has 9 heteroatoms. The molecule has 0 aromatic rings. The van der Waals surface area contributed by atoms with Crippen molar-refractivity contribution < 1.29 is 33.8 Å². The number of morpholine rings is 1. The third-order valence-corrected chi connectivity index (χ3v) is 16.1. The maximum absolute atomic E-state index is 14.0. The van der Waals surface area contributed by atoms with Gasteiger partial charge in [0.2, 0.25) is 0 Å². The van der Waals surface area contributed by atoms with Crippen LogP contribution in [0.5, 0.6) is 0 Å². The first-order valence-corrected chi connectivity index (χ1v) is 19.3. The first kappa shape index (κ1) is 36.6. The van der Waals surface area contributed by atoms with Gasteiger partial charge in [0, 0.05) is 30.8 Å². The minimum atomic E-state index is -1.16. The summed E-state index contributed by atoms with van der Waals surface area (Å²) in [6, 6.07) is -0.0340. The predicted molar refractivity (Wildman–Crippen MR) is 187 cm³/mol. The normalized spacial score (nSPS) is 43.1. The van der Waals surface area contributed by atoms with Crippen LogP contribution in [-0.2, 0) is 23.9 Å². The molecule has 49 heavy (non-hydrogen) atoms. The van der Waals surface area contributed by atoms with Gasteiger partial charge in [0.25, 0.3) is 0 Å². The molecule has 1 aliphatic heterocycles. The van der Waals surface area contributed by atoms with Crippen LogP contribution in [0.4, 0.5) is 4.79 Å². The average Bonchev–Trinajstić information content (AvgIpc) is 3.30. The molecule has 10 atom stereocenters. The van der Waals surface area contributed by atoms with Crippen molar-refractivity contribution in [2.75, 3.05) is 26.3 Å². The zero-order valence-electron chi connectivity index (χ0n) is 31.8. The predicted octanol–water partition coefficient (Wildman–Crippen LogP) is 7.11. The van der Waals surface area contributed by atoms with Gasteiger partial charge in [-0.15, -0.1) is 0 Å². The van der Waals surface area contributed by atoms with E-state index >= 15 is 0 Å². The van der Waals surface area contributed by atoms with Crippen molar-refractivity contribution in [1.29, 1.82) is 0 Å². The lowest BCUT2D eigenvalue weighted by Crippen LogP contribution is -2.69. The van der Waals surface area contributed by atoms with E-state index in [-0.39, 0.29) is 58.0 Å². The summed E-state index contributed by atoms with van der Waals surface area (Å²) in [6.45, 7) is 22.0. The maximum atomic E-state index is 14.0. The Kier molecular flexibility index (Phi) is 9.14. The monoisotopic (exact) mass is 684 g/mol. The number of nitrogens with zero attached hydrogens (tertiary/aromatic N) is 1. The molecular formula is C40H64N2O7.